The first-order valence-corrected chi connectivity index (χ1v) is 5.23. The van der Waals surface area contributed by atoms with Crippen LogP contribution in [0, 0.1) is 0 Å². The van der Waals surface area contributed by atoms with Crippen molar-refractivity contribution in [2.75, 3.05) is 18.0 Å². The smallest absolute Gasteiger partial charge is 0.0612 e. The summed E-state index contributed by atoms with van der Waals surface area (Å²) in [5.74, 6) is 0. The van der Waals surface area contributed by atoms with Crippen LogP contribution in [0.3, 0.4) is 0 Å². The first-order chi connectivity index (χ1) is 6.27. The number of halogens is 2. The molecule has 0 amide bonds. The highest BCUT2D eigenvalue weighted by atomic mass is 35.5. The fourth-order valence-electron chi connectivity index (χ4n) is 1.66. The minimum Gasteiger partial charge on any atom is -0.371 e. The Hall–Kier alpha value is -0.400. The average Bonchev–Trinajstić information content (AvgIpc) is 2.62. The summed E-state index contributed by atoms with van der Waals surface area (Å²) in [6.07, 6.45) is 2.56. The Morgan fingerprint density at radius 3 is 2.31 bits per heavy atom. The molecule has 1 aliphatic heterocycles. The van der Waals surface area contributed by atoms with Gasteiger partial charge in [-0.05, 0) is 31.0 Å². The molecule has 0 aliphatic carbocycles. The van der Waals surface area contributed by atoms with Crippen LogP contribution >= 0.6 is 23.2 Å². The quantitative estimate of drug-likeness (QED) is 0.693. The molecule has 0 unspecified atom stereocenters. The van der Waals surface area contributed by atoms with Gasteiger partial charge in [-0.1, -0.05) is 23.2 Å². The summed E-state index contributed by atoms with van der Waals surface area (Å²) in [4.78, 5) is 2.34. The number of rotatable bonds is 1. The number of anilines is 1. The zero-order chi connectivity index (χ0) is 9.26. The second kappa shape index (κ2) is 3.77. The van der Waals surface area contributed by atoms with Gasteiger partial charge in [-0.15, -0.1) is 0 Å². The van der Waals surface area contributed by atoms with E-state index in [2.05, 4.69) is 4.90 Å². The van der Waals surface area contributed by atoms with E-state index < -0.39 is 0 Å². The van der Waals surface area contributed by atoms with E-state index in [1.807, 2.05) is 18.2 Å². The predicted molar refractivity (Wildman–Crippen MR) is 57.9 cm³/mol. The summed E-state index contributed by atoms with van der Waals surface area (Å²) in [5, 5.41) is 1.27. The molecule has 1 heterocycles. The monoisotopic (exact) mass is 215 g/mol. The number of nitrogens with zero attached hydrogens (tertiary/aromatic N) is 1. The molecule has 1 aliphatic rings. The van der Waals surface area contributed by atoms with Crippen molar-refractivity contribution < 1.29 is 0 Å². The minimum absolute atomic E-state index is 0.629. The van der Waals surface area contributed by atoms with Crippen molar-refractivity contribution in [3.8, 4) is 0 Å². The summed E-state index contributed by atoms with van der Waals surface area (Å²) in [6, 6.07) is 5.83. The van der Waals surface area contributed by atoms with Gasteiger partial charge in [0, 0.05) is 18.8 Å². The van der Waals surface area contributed by atoms with Gasteiger partial charge in [0.05, 0.1) is 10.0 Å². The second-order valence-corrected chi connectivity index (χ2v) is 4.11. The molecule has 0 saturated carbocycles. The SMILES string of the molecule is Clc1ccc(N2CCCC2)cc1Cl. The maximum atomic E-state index is 5.93. The van der Waals surface area contributed by atoms with Crippen molar-refractivity contribution in [2.24, 2.45) is 0 Å². The van der Waals surface area contributed by atoms with Crippen LogP contribution in [0.4, 0.5) is 5.69 Å². The molecule has 0 spiro atoms. The zero-order valence-electron chi connectivity index (χ0n) is 7.26. The van der Waals surface area contributed by atoms with Gasteiger partial charge in [0.1, 0.15) is 0 Å². The molecule has 1 nitrogen and oxygen atoms in total. The topological polar surface area (TPSA) is 3.24 Å². The van der Waals surface area contributed by atoms with Crippen LogP contribution in [-0.4, -0.2) is 13.1 Å². The van der Waals surface area contributed by atoms with Crippen LogP contribution in [0.1, 0.15) is 12.8 Å². The van der Waals surface area contributed by atoms with E-state index in [0.29, 0.717) is 10.0 Å². The average molecular weight is 216 g/mol. The molecule has 0 atom stereocenters. The molecular formula is C10H11Cl2N. The van der Waals surface area contributed by atoms with E-state index >= 15 is 0 Å². The first kappa shape index (κ1) is 9.17. The molecule has 1 saturated heterocycles. The Bertz CT molecular complexity index is 306. The molecule has 1 fully saturated rings. The number of hydrogen-bond acceptors (Lipinski definition) is 1. The predicted octanol–water partition coefficient (Wildman–Crippen LogP) is 3.59. The molecule has 70 valence electrons. The lowest BCUT2D eigenvalue weighted by Crippen LogP contribution is -2.17. The number of benzene rings is 1. The van der Waals surface area contributed by atoms with Crippen molar-refractivity contribution in [1.82, 2.24) is 0 Å². The second-order valence-electron chi connectivity index (χ2n) is 3.29. The third-order valence-electron chi connectivity index (χ3n) is 2.37. The highest BCUT2D eigenvalue weighted by molar-refractivity contribution is 6.42. The van der Waals surface area contributed by atoms with Crippen LogP contribution in [-0.2, 0) is 0 Å². The van der Waals surface area contributed by atoms with Crippen LogP contribution in [0.25, 0.3) is 0 Å². The van der Waals surface area contributed by atoms with E-state index in [-0.39, 0.29) is 0 Å². The molecule has 1 aromatic carbocycles. The maximum absolute atomic E-state index is 5.93. The van der Waals surface area contributed by atoms with E-state index in [4.69, 9.17) is 23.2 Å². The molecule has 3 heteroatoms. The standard InChI is InChI=1S/C10H11Cl2N/c11-9-4-3-8(7-10(9)12)13-5-1-2-6-13/h3-4,7H,1-2,5-6H2. The van der Waals surface area contributed by atoms with E-state index in [1.165, 1.54) is 18.5 Å². The van der Waals surface area contributed by atoms with Gasteiger partial charge < -0.3 is 4.90 Å². The van der Waals surface area contributed by atoms with Gasteiger partial charge in [0.25, 0.3) is 0 Å². The van der Waals surface area contributed by atoms with Crippen LogP contribution in [0.5, 0.6) is 0 Å². The molecule has 0 aromatic heterocycles. The highest BCUT2D eigenvalue weighted by Crippen LogP contribution is 2.28. The third-order valence-corrected chi connectivity index (χ3v) is 3.11. The van der Waals surface area contributed by atoms with Crippen LogP contribution < -0.4 is 4.90 Å². The van der Waals surface area contributed by atoms with Crippen molar-refractivity contribution in [3.05, 3.63) is 28.2 Å². The van der Waals surface area contributed by atoms with E-state index in [9.17, 15) is 0 Å². The number of hydrogen-bond donors (Lipinski definition) is 0. The van der Waals surface area contributed by atoms with Crippen LogP contribution in [0.15, 0.2) is 18.2 Å². The van der Waals surface area contributed by atoms with Gasteiger partial charge in [-0.25, -0.2) is 0 Å². The zero-order valence-corrected chi connectivity index (χ0v) is 8.78. The molecule has 0 radical (unpaired) electrons. The van der Waals surface area contributed by atoms with Gasteiger partial charge >= 0.3 is 0 Å². The Labute approximate surface area is 88.3 Å². The molecular weight excluding hydrogens is 205 g/mol. The largest absolute Gasteiger partial charge is 0.371 e. The maximum Gasteiger partial charge on any atom is 0.0612 e. The van der Waals surface area contributed by atoms with Crippen molar-refractivity contribution in [2.45, 2.75) is 12.8 Å². The van der Waals surface area contributed by atoms with Crippen molar-refractivity contribution in [1.29, 1.82) is 0 Å². The third kappa shape index (κ3) is 1.92. The summed E-state index contributed by atoms with van der Waals surface area (Å²) >= 11 is 11.8. The summed E-state index contributed by atoms with van der Waals surface area (Å²) in [5.41, 5.74) is 1.19. The Balaban J connectivity index is 2.25. The summed E-state index contributed by atoms with van der Waals surface area (Å²) < 4.78 is 0. The lowest BCUT2D eigenvalue weighted by Gasteiger charge is -2.17. The lowest BCUT2D eigenvalue weighted by atomic mass is 10.3. The van der Waals surface area contributed by atoms with Crippen molar-refractivity contribution in [3.63, 3.8) is 0 Å². The first-order valence-electron chi connectivity index (χ1n) is 4.47. The fourth-order valence-corrected chi connectivity index (χ4v) is 1.95. The van der Waals surface area contributed by atoms with Crippen LogP contribution in [0.2, 0.25) is 10.0 Å². The van der Waals surface area contributed by atoms with Gasteiger partial charge in [-0.3, -0.25) is 0 Å². The van der Waals surface area contributed by atoms with Crippen molar-refractivity contribution >= 4 is 28.9 Å². The van der Waals surface area contributed by atoms with E-state index in [1.54, 1.807) is 0 Å². The van der Waals surface area contributed by atoms with Gasteiger partial charge in [0.15, 0.2) is 0 Å². The highest BCUT2D eigenvalue weighted by Gasteiger charge is 2.12. The Morgan fingerprint density at radius 1 is 1.00 bits per heavy atom. The van der Waals surface area contributed by atoms with E-state index in [0.717, 1.165) is 13.1 Å². The Morgan fingerprint density at radius 2 is 1.69 bits per heavy atom. The fraction of sp³-hybridized carbons (Fsp3) is 0.400. The van der Waals surface area contributed by atoms with Gasteiger partial charge in [0.2, 0.25) is 0 Å². The summed E-state index contributed by atoms with van der Waals surface area (Å²) in [6.45, 7) is 2.27. The molecule has 13 heavy (non-hydrogen) atoms. The summed E-state index contributed by atoms with van der Waals surface area (Å²) in [7, 11) is 0. The van der Waals surface area contributed by atoms with Gasteiger partial charge in [-0.2, -0.15) is 0 Å². The minimum atomic E-state index is 0.629. The Kier molecular flexibility index (Phi) is 2.66. The normalized spacial score (nSPS) is 16.6. The molecule has 0 bridgehead atoms. The molecule has 0 N–H and O–H groups in total. The molecule has 2 rings (SSSR count). The lowest BCUT2D eigenvalue weighted by molar-refractivity contribution is 0.949. The molecule has 1 aromatic rings.